The Kier molecular flexibility index (Phi) is 6.41. The quantitative estimate of drug-likeness (QED) is 0.677. The van der Waals surface area contributed by atoms with Gasteiger partial charge in [-0.1, -0.05) is 11.6 Å². The van der Waals surface area contributed by atoms with Crippen molar-refractivity contribution in [3.8, 4) is 0 Å². The topological polar surface area (TPSA) is 90.7 Å². The summed E-state index contributed by atoms with van der Waals surface area (Å²) < 4.78 is 31.3. The van der Waals surface area contributed by atoms with Crippen LogP contribution in [0.15, 0.2) is 24.3 Å². The zero-order chi connectivity index (χ0) is 15.2. The Bertz CT molecular complexity index is 545. The van der Waals surface area contributed by atoms with E-state index in [9.17, 15) is 17.8 Å². The molecule has 0 bridgehead atoms. The maximum Gasteiger partial charge on any atom is 0.279 e. The SMILES string of the molecule is C[NH+](CCCS(=O)(=O)[O-])CC(=O)Nc1ccc(Cl)cc1. The molecule has 1 amide bonds. The first-order valence-corrected chi connectivity index (χ1v) is 8.02. The number of rotatable bonds is 7. The summed E-state index contributed by atoms with van der Waals surface area (Å²) in [5.41, 5.74) is 0.648. The normalized spacial score (nSPS) is 12.9. The molecule has 0 aromatic heterocycles. The molecule has 8 heteroatoms. The van der Waals surface area contributed by atoms with Crippen molar-refractivity contribution in [1.82, 2.24) is 0 Å². The first-order chi connectivity index (χ1) is 9.26. The fourth-order valence-corrected chi connectivity index (χ4v) is 2.28. The Morgan fingerprint density at radius 1 is 1.35 bits per heavy atom. The number of nitrogens with one attached hydrogen (secondary N) is 2. The van der Waals surface area contributed by atoms with Crippen molar-refractivity contribution in [3.05, 3.63) is 29.3 Å². The molecular weight excluding hydrogens is 304 g/mol. The van der Waals surface area contributed by atoms with Gasteiger partial charge in [-0.2, -0.15) is 0 Å². The smallest absolute Gasteiger partial charge is 0.279 e. The van der Waals surface area contributed by atoms with Crippen LogP contribution in [0.4, 0.5) is 5.69 Å². The van der Waals surface area contributed by atoms with E-state index in [2.05, 4.69) is 5.32 Å². The van der Waals surface area contributed by atoms with Crippen molar-refractivity contribution in [3.63, 3.8) is 0 Å². The van der Waals surface area contributed by atoms with Crippen molar-refractivity contribution in [1.29, 1.82) is 0 Å². The maximum absolute atomic E-state index is 11.7. The van der Waals surface area contributed by atoms with Gasteiger partial charge in [0.2, 0.25) is 0 Å². The van der Waals surface area contributed by atoms with E-state index in [0.717, 1.165) is 4.90 Å². The second-order valence-corrected chi connectivity index (χ2v) is 6.51. The van der Waals surface area contributed by atoms with E-state index in [0.29, 0.717) is 17.3 Å². The van der Waals surface area contributed by atoms with Gasteiger partial charge in [0.05, 0.1) is 23.7 Å². The number of halogens is 1. The van der Waals surface area contributed by atoms with Gasteiger partial charge in [-0.25, -0.2) is 8.42 Å². The van der Waals surface area contributed by atoms with Crippen molar-refractivity contribution in [2.45, 2.75) is 6.42 Å². The van der Waals surface area contributed by atoms with Crippen LogP contribution >= 0.6 is 11.6 Å². The van der Waals surface area contributed by atoms with Crippen molar-refractivity contribution >= 4 is 33.3 Å². The minimum Gasteiger partial charge on any atom is -0.748 e. The molecule has 0 saturated carbocycles. The van der Waals surface area contributed by atoms with Crippen molar-refractivity contribution in [2.75, 3.05) is 31.2 Å². The minimum atomic E-state index is -4.18. The lowest BCUT2D eigenvalue weighted by Crippen LogP contribution is -3.10. The Labute approximate surface area is 123 Å². The van der Waals surface area contributed by atoms with Crippen LogP contribution in [0.5, 0.6) is 0 Å². The molecule has 0 aliphatic rings. The summed E-state index contributed by atoms with van der Waals surface area (Å²) in [6.45, 7) is 0.636. The van der Waals surface area contributed by atoms with Crippen LogP contribution in [0.3, 0.4) is 0 Å². The highest BCUT2D eigenvalue weighted by Gasteiger charge is 2.10. The molecule has 0 radical (unpaired) electrons. The Morgan fingerprint density at radius 3 is 2.50 bits per heavy atom. The molecule has 1 rings (SSSR count). The van der Waals surface area contributed by atoms with Gasteiger partial charge in [0.15, 0.2) is 6.54 Å². The van der Waals surface area contributed by atoms with E-state index in [1.54, 1.807) is 31.3 Å². The standard InChI is InChI=1S/C12H17ClN2O4S/c1-15(7-2-8-20(17,18)19)9-12(16)14-11-5-3-10(13)4-6-11/h3-6H,2,7-9H2,1H3,(H,14,16)(H,17,18,19). The Hall–Kier alpha value is -1.15. The largest absolute Gasteiger partial charge is 0.748 e. The summed E-state index contributed by atoms with van der Waals surface area (Å²) in [6, 6.07) is 6.73. The van der Waals surface area contributed by atoms with E-state index < -0.39 is 15.9 Å². The lowest BCUT2D eigenvalue weighted by molar-refractivity contribution is -0.870. The van der Waals surface area contributed by atoms with Crippen LogP contribution in [-0.4, -0.2) is 44.8 Å². The lowest BCUT2D eigenvalue weighted by atomic mass is 10.3. The number of likely N-dealkylation sites (N-methyl/N-ethyl adjacent to an activating group) is 1. The molecule has 1 atom stereocenters. The predicted octanol–water partition coefficient (Wildman–Crippen LogP) is -0.271. The summed E-state index contributed by atoms with van der Waals surface area (Å²) >= 11 is 5.74. The molecule has 2 N–H and O–H groups in total. The fourth-order valence-electron chi connectivity index (χ4n) is 1.65. The van der Waals surface area contributed by atoms with Crippen LogP contribution in [-0.2, 0) is 14.9 Å². The van der Waals surface area contributed by atoms with Crippen LogP contribution < -0.4 is 10.2 Å². The molecule has 112 valence electrons. The first-order valence-electron chi connectivity index (χ1n) is 6.06. The van der Waals surface area contributed by atoms with E-state index in [1.165, 1.54) is 0 Å². The number of anilines is 1. The molecule has 20 heavy (non-hydrogen) atoms. The fraction of sp³-hybridized carbons (Fsp3) is 0.417. The lowest BCUT2D eigenvalue weighted by Gasteiger charge is -2.14. The maximum atomic E-state index is 11.7. The molecule has 0 heterocycles. The third-order valence-electron chi connectivity index (χ3n) is 2.59. The second-order valence-electron chi connectivity index (χ2n) is 4.55. The van der Waals surface area contributed by atoms with E-state index >= 15 is 0 Å². The summed E-state index contributed by atoms with van der Waals surface area (Å²) in [7, 11) is -2.41. The molecule has 0 saturated heterocycles. The van der Waals surface area contributed by atoms with Gasteiger partial charge >= 0.3 is 0 Å². The van der Waals surface area contributed by atoms with Crippen LogP contribution in [0.25, 0.3) is 0 Å². The number of carbonyl (C=O) groups excluding carboxylic acids is 1. The molecule has 0 aliphatic heterocycles. The molecular formula is C12H17ClN2O4S. The summed E-state index contributed by atoms with van der Waals surface area (Å²) in [5, 5.41) is 3.30. The average molecular weight is 321 g/mol. The summed E-state index contributed by atoms with van der Waals surface area (Å²) in [5.74, 6) is -0.585. The number of benzene rings is 1. The number of carbonyl (C=O) groups is 1. The molecule has 0 fully saturated rings. The van der Waals surface area contributed by atoms with Crippen molar-refractivity contribution < 1.29 is 22.7 Å². The van der Waals surface area contributed by atoms with Crippen LogP contribution in [0.2, 0.25) is 5.02 Å². The molecule has 6 nitrogen and oxygen atoms in total. The van der Waals surface area contributed by atoms with E-state index in [-0.39, 0.29) is 18.9 Å². The average Bonchev–Trinajstić information content (AvgIpc) is 2.30. The number of hydrogen-bond donors (Lipinski definition) is 2. The van der Waals surface area contributed by atoms with Gasteiger partial charge in [0.1, 0.15) is 0 Å². The number of quaternary nitrogens is 1. The van der Waals surface area contributed by atoms with Gasteiger partial charge in [-0.15, -0.1) is 0 Å². The summed E-state index contributed by atoms with van der Waals surface area (Å²) in [4.78, 5) is 12.6. The molecule has 1 aromatic rings. The van der Waals surface area contributed by atoms with Gasteiger partial charge in [0.25, 0.3) is 5.91 Å². The van der Waals surface area contributed by atoms with Crippen LogP contribution in [0, 0.1) is 0 Å². The molecule has 1 aromatic carbocycles. The third kappa shape index (κ3) is 7.44. The Balaban J connectivity index is 2.32. The van der Waals surface area contributed by atoms with Gasteiger partial charge in [-0.3, -0.25) is 4.79 Å². The van der Waals surface area contributed by atoms with Crippen molar-refractivity contribution in [2.24, 2.45) is 0 Å². The van der Waals surface area contributed by atoms with Gasteiger partial charge in [-0.05, 0) is 24.3 Å². The zero-order valence-electron chi connectivity index (χ0n) is 11.1. The zero-order valence-corrected chi connectivity index (χ0v) is 12.6. The minimum absolute atomic E-state index is 0.185. The highest BCUT2D eigenvalue weighted by molar-refractivity contribution is 7.85. The Morgan fingerprint density at radius 2 is 1.95 bits per heavy atom. The summed E-state index contributed by atoms with van der Waals surface area (Å²) in [6.07, 6.45) is 0.242. The monoisotopic (exact) mass is 320 g/mol. The molecule has 0 spiro atoms. The second kappa shape index (κ2) is 7.58. The highest BCUT2D eigenvalue weighted by atomic mass is 35.5. The van der Waals surface area contributed by atoms with E-state index in [4.69, 9.17) is 11.6 Å². The number of amides is 1. The van der Waals surface area contributed by atoms with Gasteiger partial charge in [0, 0.05) is 22.9 Å². The third-order valence-corrected chi connectivity index (χ3v) is 3.63. The van der Waals surface area contributed by atoms with E-state index in [1.807, 2.05) is 0 Å². The predicted molar refractivity (Wildman–Crippen MR) is 75.9 cm³/mol. The highest BCUT2D eigenvalue weighted by Crippen LogP contribution is 2.12. The van der Waals surface area contributed by atoms with Crippen LogP contribution in [0.1, 0.15) is 6.42 Å². The molecule has 1 unspecified atom stereocenters. The molecule has 0 aliphatic carbocycles. The first kappa shape index (κ1) is 16.9. The number of hydrogen-bond acceptors (Lipinski definition) is 4. The van der Waals surface area contributed by atoms with Gasteiger partial charge < -0.3 is 14.8 Å².